The molecule has 0 bridgehead atoms. The summed E-state index contributed by atoms with van der Waals surface area (Å²) < 4.78 is 0. The fourth-order valence-corrected chi connectivity index (χ4v) is 2.42. The van der Waals surface area contributed by atoms with E-state index >= 15 is 0 Å². The molecule has 1 atom stereocenters. The molecule has 2 heterocycles. The molecule has 2 rings (SSSR count). The van der Waals surface area contributed by atoms with E-state index < -0.39 is 0 Å². The third kappa shape index (κ3) is 1.49. The van der Waals surface area contributed by atoms with Crippen molar-refractivity contribution in [2.45, 2.75) is 6.42 Å². The fourth-order valence-electron chi connectivity index (χ4n) is 1.69. The molecule has 1 aromatic rings. The Labute approximate surface area is 86.5 Å². The SMILES string of the molecule is NCC1CC(=O)N(c2cscc2N)C1. The minimum Gasteiger partial charge on any atom is -0.396 e. The maximum Gasteiger partial charge on any atom is 0.227 e. The summed E-state index contributed by atoms with van der Waals surface area (Å²) in [4.78, 5) is 13.4. The molecular weight excluding hydrogens is 198 g/mol. The van der Waals surface area contributed by atoms with Crippen LogP contribution in [-0.2, 0) is 4.79 Å². The first-order valence-electron chi connectivity index (χ1n) is 4.54. The van der Waals surface area contributed by atoms with Crippen molar-refractivity contribution < 1.29 is 4.79 Å². The zero-order chi connectivity index (χ0) is 10.1. The number of carbonyl (C=O) groups is 1. The molecule has 14 heavy (non-hydrogen) atoms. The van der Waals surface area contributed by atoms with Crippen LogP contribution in [-0.4, -0.2) is 19.0 Å². The Morgan fingerprint density at radius 2 is 2.36 bits per heavy atom. The topological polar surface area (TPSA) is 72.4 Å². The molecule has 0 aromatic carbocycles. The number of hydrogen-bond acceptors (Lipinski definition) is 4. The van der Waals surface area contributed by atoms with E-state index in [1.165, 1.54) is 11.3 Å². The van der Waals surface area contributed by atoms with Gasteiger partial charge in [0, 0.05) is 23.7 Å². The first-order valence-corrected chi connectivity index (χ1v) is 5.48. The third-order valence-electron chi connectivity index (χ3n) is 2.50. The average molecular weight is 211 g/mol. The van der Waals surface area contributed by atoms with Crippen LogP contribution in [0.5, 0.6) is 0 Å². The van der Waals surface area contributed by atoms with Gasteiger partial charge in [0.1, 0.15) is 0 Å². The number of nitrogens with two attached hydrogens (primary N) is 2. The Morgan fingerprint density at radius 3 is 2.86 bits per heavy atom. The summed E-state index contributed by atoms with van der Waals surface area (Å²) >= 11 is 1.51. The number of thiophene rings is 1. The Kier molecular flexibility index (Phi) is 2.43. The van der Waals surface area contributed by atoms with E-state index in [0.717, 1.165) is 5.69 Å². The third-order valence-corrected chi connectivity index (χ3v) is 3.25. The van der Waals surface area contributed by atoms with Gasteiger partial charge in [-0.25, -0.2) is 0 Å². The molecule has 1 amide bonds. The lowest BCUT2D eigenvalue weighted by atomic mass is 10.1. The van der Waals surface area contributed by atoms with Crippen molar-refractivity contribution in [2.24, 2.45) is 11.7 Å². The summed E-state index contributed by atoms with van der Waals surface area (Å²) in [5, 5.41) is 3.75. The quantitative estimate of drug-likeness (QED) is 0.754. The zero-order valence-corrected chi connectivity index (χ0v) is 8.59. The van der Waals surface area contributed by atoms with Gasteiger partial charge < -0.3 is 16.4 Å². The smallest absolute Gasteiger partial charge is 0.227 e. The molecule has 0 spiro atoms. The van der Waals surface area contributed by atoms with Crippen LogP contribution >= 0.6 is 11.3 Å². The van der Waals surface area contributed by atoms with Crippen molar-refractivity contribution in [3.05, 3.63) is 10.8 Å². The van der Waals surface area contributed by atoms with Gasteiger partial charge >= 0.3 is 0 Å². The maximum absolute atomic E-state index is 11.6. The molecule has 4 nitrogen and oxygen atoms in total. The highest BCUT2D eigenvalue weighted by Crippen LogP contribution is 2.32. The van der Waals surface area contributed by atoms with Gasteiger partial charge in [-0.1, -0.05) is 0 Å². The summed E-state index contributed by atoms with van der Waals surface area (Å²) in [6.07, 6.45) is 0.547. The minimum atomic E-state index is 0.130. The normalized spacial score (nSPS) is 21.9. The molecule has 1 saturated heterocycles. The molecule has 0 aliphatic carbocycles. The number of nitrogens with zero attached hydrogens (tertiary/aromatic N) is 1. The molecule has 1 aliphatic heterocycles. The van der Waals surface area contributed by atoms with E-state index in [-0.39, 0.29) is 11.8 Å². The lowest BCUT2D eigenvalue weighted by molar-refractivity contribution is -0.117. The van der Waals surface area contributed by atoms with Crippen molar-refractivity contribution in [2.75, 3.05) is 23.7 Å². The van der Waals surface area contributed by atoms with Crippen LogP contribution < -0.4 is 16.4 Å². The number of nitrogen functional groups attached to an aromatic ring is 1. The average Bonchev–Trinajstić information content (AvgIpc) is 2.72. The first-order chi connectivity index (χ1) is 6.72. The zero-order valence-electron chi connectivity index (χ0n) is 7.77. The Morgan fingerprint density at radius 1 is 1.57 bits per heavy atom. The van der Waals surface area contributed by atoms with E-state index in [4.69, 9.17) is 11.5 Å². The van der Waals surface area contributed by atoms with Gasteiger partial charge in [0.15, 0.2) is 0 Å². The van der Waals surface area contributed by atoms with Crippen LogP contribution in [0.15, 0.2) is 10.8 Å². The number of rotatable bonds is 2. The standard InChI is InChI=1S/C9H13N3OS/c10-2-6-1-9(13)12(3-6)8-5-14-4-7(8)11/h4-6H,1-3,10-11H2. The van der Waals surface area contributed by atoms with Crippen LogP contribution in [0.25, 0.3) is 0 Å². The van der Waals surface area contributed by atoms with E-state index in [1.807, 2.05) is 10.8 Å². The monoisotopic (exact) mass is 211 g/mol. The van der Waals surface area contributed by atoms with E-state index in [1.54, 1.807) is 4.90 Å². The van der Waals surface area contributed by atoms with E-state index in [2.05, 4.69) is 0 Å². The molecule has 1 fully saturated rings. The second kappa shape index (κ2) is 3.59. The molecule has 1 aromatic heterocycles. The lowest BCUT2D eigenvalue weighted by Crippen LogP contribution is -2.25. The molecular formula is C9H13N3OS. The summed E-state index contributed by atoms with van der Waals surface area (Å²) in [5.74, 6) is 0.410. The minimum absolute atomic E-state index is 0.130. The molecule has 0 saturated carbocycles. The Balaban J connectivity index is 2.20. The number of anilines is 2. The van der Waals surface area contributed by atoms with Crippen LogP contribution in [0, 0.1) is 5.92 Å². The van der Waals surface area contributed by atoms with Crippen molar-refractivity contribution >= 4 is 28.6 Å². The second-order valence-corrected chi connectivity index (χ2v) is 4.27. The molecule has 5 heteroatoms. The predicted octanol–water partition coefficient (Wildman–Crippen LogP) is 0.642. The molecule has 1 aliphatic rings. The second-order valence-electron chi connectivity index (χ2n) is 3.52. The van der Waals surface area contributed by atoms with Crippen molar-refractivity contribution in [3.63, 3.8) is 0 Å². The summed E-state index contributed by atoms with van der Waals surface area (Å²) in [6, 6.07) is 0. The highest BCUT2D eigenvalue weighted by atomic mass is 32.1. The molecule has 1 unspecified atom stereocenters. The summed E-state index contributed by atoms with van der Waals surface area (Å²) in [7, 11) is 0. The fraction of sp³-hybridized carbons (Fsp3) is 0.444. The van der Waals surface area contributed by atoms with Gasteiger partial charge in [-0.2, -0.15) is 0 Å². The van der Waals surface area contributed by atoms with Crippen LogP contribution in [0.1, 0.15) is 6.42 Å². The van der Waals surface area contributed by atoms with Gasteiger partial charge in [0.25, 0.3) is 0 Å². The van der Waals surface area contributed by atoms with Gasteiger partial charge in [-0.15, -0.1) is 11.3 Å². The van der Waals surface area contributed by atoms with E-state index in [0.29, 0.717) is 25.2 Å². The highest BCUT2D eigenvalue weighted by molar-refractivity contribution is 7.09. The van der Waals surface area contributed by atoms with Crippen molar-refractivity contribution in [3.8, 4) is 0 Å². The van der Waals surface area contributed by atoms with Gasteiger partial charge in [0.05, 0.1) is 11.4 Å². The van der Waals surface area contributed by atoms with Crippen LogP contribution in [0.2, 0.25) is 0 Å². The van der Waals surface area contributed by atoms with Crippen LogP contribution in [0.4, 0.5) is 11.4 Å². The number of carbonyl (C=O) groups excluding carboxylic acids is 1. The highest BCUT2D eigenvalue weighted by Gasteiger charge is 2.30. The number of hydrogen-bond donors (Lipinski definition) is 2. The Bertz CT molecular complexity index is 350. The van der Waals surface area contributed by atoms with E-state index in [9.17, 15) is 4.79 Å². The maximum atomic E-state index is 11.6. The van der Waals surface area contributed by atoms with Crippen LogP contribution in [0.3, 0.4) is 0 Å². The van der Waals surface area contributed by atoms with Gasteiger partial charge in [0.2, 0.25) is 5.91 Å². The van der Waals surface area contributed by atoms with Crippen molar-refractivity contribution in [1.29, 1.82) is 0 Å². The predicted molar refractivity (Wildman–Crippen MR) is 58.2 cm³/mol. The first kappa shape index (κ1) is 9.48. The summed E-state index contributed by atoms with van der Waals surface area (Å²) in [6.45, 7) is 1.27. The summed E-state index contributed by atoms with van der Waals surface area (Å²) in [5.41, 5.74) is 12.8. The number of amides is 1. The molecule has 4 N–H and O–H groups in total. The largest absolute Gasteiger partial charge is 0.396 e. The molecule has 76 valence electrons. The Hall–Kier alpha value is -1.07. The van der Waals surface area contributed by atoms with Gasteiger partial charge in [-0.3, -0.25) is 4.79 Å². The van der Waals surface area contributed by atoms with Gasteiger partial charge in [-0.05, 0) is 12.5 Å². The molecule has 0 radical (unpaired) electrons. The lowest BCUT2D eigenvalue weighted by Gasteiger charge is -2.15. The van der Waals surface area contributed by atoms with Crippen molar-refractivity contribution in [1.82, 2.24) is 0 Å².